The number of nitrogens with one attached hydrogen (secondary N) is 1. The number of thioether (sulfide) groups is 1. The fourth-order valence-electron chi connectivity index (χ4n) is 1.70. The van der Waals surface area contributed by atoms with E-state index in [0.717, 1.165) is 16.5 Å². The van der Waals surface area contributed by atoms with E-state index in [-0.39, 0.29) is 0 Å². The highest BCUT2D eigenvalue weighted by Gasteiger charge is 2.03. The lowest BCUT2D eigenvalue weighted by Crippen LogP contribution is -2.37. The SMILES string of the molecule is CS/C(=N\c1ccc(C#N)cc1)NN(C)c1ccccc1. The van der Waals surface area contributed by atoms with Gasteiger partial charge in [-0.2, -0.15) is 5.26 Å². The van der Waals surface area contributed by atoms with Crippen LogP contribution in [0.3, 0.4) is 0 Å². The number of benzene rings is 2. The van der Waals surface area contributed by atoms with Crippen LogP contribution in [0.5, 0.6) is 0 Å². The summed E-state index contributed by atoms with van der Waals surface area (Å²) in [7, 11) is 1.94. The van der Waals surface area contributed by atoms with Gasteiger partial charge in [0, 0.05) is 7.05 Å². The first kappa shape index (κ1) is 14.9. The van der Waals surface area contributed by atoms with Gasteiger partial charge in [0.1, 0.15) is 0 Å². The number of hydrogen-bond donors (Lipinski definition) is 1. The molecule has 0 radical (unpaired) electrons. The van der Waals surface area contributed by atoms with Crippen molar-refractivity contribution >= 4 is 28.3 Å². The number of hydrazine groups is 1. The van der Waals surface area contributed by atoms with Crippen molar-refractivity contribution in [3.05, 3.63) is 60.2 Å². The van der Waals surface area contributed by atoms with E-state index < -0.39 is 0 Å². The van der Waals surface area contributed by atoms with E-state index in [4.69, 9.17) is 5.26 Å². The van der Waals surface area contributed by atoms with Crippen LogP contribution in [0.4, 0.5) is 11.4 Å². The van der Waals surface area contributed by atoms with Crippen LogP contribution in [0.1, 0.15) is 5.56 Å². The van der Waals surface area contributed by atoms with Gasteiger partial charge in [-0.1, -0.05) is 30.0 Å². The van der Waals surface area contributed by atoms with Gasteiger partial charge in [0.25, 0.3) is 0 Å². The lowest BCUT2D eigenvalue weighted by molar-refractivity contribution is 0.890. The normalized spacial score (nSPS) is 10.8. The summed E-state index contributed by atoms with van der Waals surface area (Å²) in [5, 5.41) is 11.5. The van der Waals surface area contributed by atoms with Crippen molar-refractivity contribution in [1.82, 2.24) is 5.43 Å². The highest BCUT2D eigenvalue weighted by molar-refractivity contribution is 8.13. The summed E-state index contributed by atoms with van der Waals surface area (Å²) >= 11 is 1.53. The molecule has 1 N–H and O–H groups in total. The third-order valence-electron chi connectivity index (χ3n) is 2.83. The molecule has 0 unspecified atom stereocenters. The quantitative estimate of drug-likeness (QED) is 0.534. The molecule has 2 aromatic carbocycles. The maximum atomic E-state index is 8.79. The number of amidine groups is 1. The van der Waals surface area contributed by atoms with Gasteiger partial charge in [0.2, 0.25) is 0 Å². The summed E-state index contributed by atoms with van der Waals surface area (Å²) in [5.74, 6) is 0. The molecule has 0 aromatic heterocycles. The number of nitrogens with zero attached hydrogens (tertiary/aromatic N) is 3. The van der Waals surface area contributed by atoms with Crippen molar-refractivity contribution in [3.63, 3.8) is 0 Å². The zero-order valence-electron chi connectivity index (χ0n) is 11.9. The monoisotopic (exact) mass is 296 g/mol. The van der Waals surface area contributed by atoms with Gasteiger partial charge in [0.15, 0.2) is 5.17 Å². The summed E-state index contributed by atoms with van der Waals surface area (Å²) in [4.78, 5) is 4.54. The van der Waals surface area contributed by atoms with E-state index in [1.807, 2.05) is 60.8 Å². The maximum absolute atomic E-state index is 8.79. The van der Waals surface area contributed by atoms with Crippen LogP contribution in [0.25, 0.3) is 0 Å². The van der Waals surface area contributed by atoms with Gasteiger partial charge >= 0.3 is 0 Å². The largest absolute Gasteiger partial charge is 0.289 e. The molecule has 0 aliphatic carbocycles. The second-order valence-electron chi connectivity index (χ2n) is 4.29. The van der Waals surface area contributed by atoms with E-state index in [2.05, 4.69) is 16.5 Å². The molecule has 0 spiro atoms. The molecule has 0 saturated heterocycles. The Kier molecular flexibility index (Phi) is 5.24. The van der Waals surface area contributed by atoms with E-state index in [1.165, 1.54) is 11.8 Å². The van der Waals surface area contributed by atoms with Crippen LogP contribution in [0.15, 0.2) is 59.6 Å². The average molecular weight is 296 g/mol. The molecule has 0 aliphatic heterocycles. The average Bonchev–Trinajstić information content (AvgIpc) is 2.55. The molecule has 21 heavy (non-hydrogen) atoms. The van der Waals surface area contributed by atoms with Gasteiger partial charge in [-0.15, -0.1) is 0 Å². The lowest BCUT2D eigenvalue weighted by Gasteiger charge is -2.21. The number of anilines is 1. The molecule has 0 bridgehead atoms. The molecule has 0 saturated carbocycles. The van der Waals surface area contributed by atoms with E-state index in [1.54, 1.807) is 12.1 Å². The minimum absolute atomic E-state index is 0.633. The topological polar surface area (TPSA) is 51.4 Å². The molecule has 0 atom stereocenters. The van der Waals surface area contributed by atoms with Gasteiger partial charge in [0.05, 0.1) is 23.0 Å². The zero-order chi connectivity index (χ0) is 15.1. The van der Waals surface area contributed by atoms with Crippen LogP contribution in [0.2, 0.25) is 0 Å². The van der Waals surface area contributed by atoms with E-state index in [9.17, 15) is 0 Å². The van der Waals surface area contributed by atoms with Crippen LogP contribution in [-0.2, 0) is 0 Å². The zero-order valence-corrected chi connectivity index (χ0v) is 12.8. The van der Waals surface area contributed by atoms with Crippen LogP contribution < -0.4 is 10.4 Å². The lowest BCUT2D eigenvalue weighted by atomic mass is 10.2. The molecule has 2 rings (SSSR count). The molecule has 2 aromatic rings. The Morgan fingerprint density at radius 2 is 1.81 bits per heavy atom. The molecular formula is C16H16N4S. The summed E-state index contributed by atoms with van der Waals surface area (Å²) in [6.07, 6.45) is 1.97. The second-order valence-corrected chi connectivity index (χ2v) is 5.08. The number of para-hydroxylation sites is 1. The summed E-state index contributed by atoms with van der Waals surface area (Å²) in [6, 6.07) is 19.3. The Hall–Kier alpha value is -2.45. The standard InChI is InChI=1S/C16H16N4S/c1-20(15-6-4-3-5-7-15)19-16(21-2)18-14-10-8-13(12-17)9-11-14/h3-11H,1-2H3,(H,18,19). The Labute approximate surface area is 129 Å². The van der Waals surface area contributed by atoms with Gasteiger partial charge in [-0.25, -0.2) is 4.99 Å². The maximum Gasteiger partial charge on any atom is 0.180 e. The Bertz CT molecular complexity index is 644. The Morgan fingerprint density at radius 1 is 1.14 bits per heavy atom. The minimum Gasteiger partial charge on any atom is -0.289 e. The van der Waals surface area contributed by atoms with E-state index in [0.29, 0.717) is 5.56 Å². The fraction of sp³-hybridized carbons (Fsp3) is 0.125. The van der Waals surface area contributed by atoms with Crippen LogP contribution in [-0.4, -0.2) is 18.5 Å². The highest BCUT2D eigenvalue weighted by Crippen LogP contribution is 2.16. The third-order valence-corrected chi connectivity index (χ3v) is 3.40. The first-order valence-electron chi connectivity index (χ1n) is 6.41. The van der Waals surface area contributed by atoms with Crippen molar-refractivity contribution in [2.75, 3.05) is 18.3 Å². The van der Waals surface area contributed by atoms with Crippen molar-refractivity contribution in [2.24, 2.45) is 4.99 Å². The number of aliphatic imine (C=N–C) groups is 1. The molecule has 5 heteroatoms. The molecule has 4 nitrogen and oxygen atoms in total. The molecule has 0 fully saturated rings. The molecular weight excluding hydrogens is 280 g/mol. The van der Waals surface area contributed by atoms with Crippen molar-refractivity contribution in [1.29, 1.82) is 5.26 Å². The van der Waals surface area contributed by atoms with Crippen molar-refractivity contribution < 1.29 is 0 Å². The van der Waals surface area contributed by atoms with Gasteiger partial charge in [-0.05, 0) is 42.7 Å². The Morgan fingerprint density at radius 3 is 2.38 bits per heavy atom. The van der Waals surface area contributed by atoms with Gasteiger partial charge < -0.3 is 0 Å². The van der Waals surface area contributed by atoms with Crippen molar-refractivity contribution in [2.45, 2.75) is 0 Å². The first-order chi connectivity index (χ1) is 10.2. The smallest absolute Gasteiger partial charge is 0.180 e. The number of hydrogen-bond acceptors (Lipinski definition) is 4. The Balaban J connectivity index is 2.11. The fourth-order valence-corrected chi connectivity index (χ4v) is 2.13. The van der Waals surface area contributed by atoms with E-state index >= 15 is 0 Å². The second kappa shape index (κ2) is 7.36. The molecule has 0 amide bonds. The summed E-state index contributed by atoms with van der Waals surface area (Å²) in [6.45, 7) is 0. The summed E-state index contributed by atoms with van der Waals surface area (Å²) < 4.78 is 0. The highest BCUT2D eigenvalue weighted by atomic mass is 32.2. The number of rotatable bonds is 3. The summed E-state index contributed by atoms with van der Waals surface area (Å²) in [5.41, 5.74) is 5.74. The van der Waals surface area contributed by atoms with Crippen molar-refractivity contribution in [3.8, 4) is 6.07 Å². The van der Waals surface area contributed by atoms with Crippen LogP contribution >= 0.6 is 11.8 Å². The number of nitriles is 1. The molecule has 0 heterocycles. The van der Waals surface area contributed by atoms with Crippen LogP contribution in [0, 0.1) is 11.3 Å². The first-order valence-corrected chi connectivity index (χ1v) is 7.63. The molecule has 106 valence electrons. The third kappa shape index (κ3) is 4.26. The predicted molar refractivity (Wildman–Crippen MR) is 89.7 cm³/mol. The minimum atomic E-state index is 0.633. The predicted octanol–water partition coefficient (Wildman–Crippen LogP) is 3.55. The molecule has 0 aliphatic rings. The van der Waals surface area contributed by atoms with Gasteiger partial charge in [-0.3, -0.25) is 10.4 Å².